The largest absolute Gasteiger partial charge is 0.454 e. The number of hydrogen-bond acceptors (Lipinski definition) is 5. The summed E-state index contributed by atoms with van der Waals surface area (Å²) in [5.41, 5.74) is 0. The summed E-state index contributed by atoms with van der Waals surface area (Å²) in [4.78, 5) is -0.524. The average molecular weight is 414 g/mol. The van der Waals surface area contributed by atoms with Gasteiger partial charge in [-0.3, -0.25) is 4.57 Å². The van der Waals surface area contributed by atoms with Crippen LogP contribution in [0, 0.1) is 11.6 Å². The molecule has 0 aliphatic heterocycles. The van der Waals surface area contributed by atoms with Gasteiger partial charge in [0.05, 0.1) is 10.9 Å². The van der Waals surface area contributed by atoms with Gasteiger partial charge in [-0.05, 0) is 32.0 Å². The summed E-state index contributed by atoms with van der Waals surface area (Å²) in [7, 11) is -4.26. The highest BCUT2D eigenvalue weighted by molar-refractivity contribution is 7.89. The smallest absolute Gasteiger partial charge is 0.422 e. The van der Waals surface area contributed by atoms with Crippen LogP contribution >= 0.6 is 0 Å². The number of alkyl halides is 3. The molecule has 0 aliphatic rings. The van der Waals surface area contributed by atoms with E-state index in [0.717, 1.165) is 10.6 Å². The van der Waals surface area contributed by atoms with E-state index in [1.54, 1.807) is 6.92 Å². The van der Waals surface area contributed by atoms with Crippen LogP contribution in [0.2, 0.25) is 0 Å². The molecule has 2 rings (SSSR count). The highest BCUT2D eigenvalue weighted by Crippen LogP contribution is 2.22. The number of hydrogen-bond donors (Lipinski definition) is 1. The predicted octanol–water partition coefficient (Wildman–Crippen LogP) is 2.56. The third kappa shape index (κ3) is 5.13. The molecule has 0 amide bonds. The molecular weight excluding hydrogens is 399 g/mol. The van der Waals surface area contributed by atoms with Gasteiger partial charge in [0.1, 0.15) is 0 Å². The zero-order chi connectivity index (χ0) is 20.4. The molecule has 0 unspecified atom stereocenters. The fourth-order valence-electron chi connectivity index (χ4n) is 2.17. The maximum atomic E-state index is 13.3. The maximum absolute atomic E-state index is 13.3. The van der Waals surface area contributed by atoms with Crippen molar-refractivity contribution in [2.45, 2.75) is 37.5 Å². The van der Waals surface area contributed by atoms with E-state index in [-0.39, 0.29) is 12.4 Å². The molecule has 0 aliphatic carbocycles. The minimum atomic E-state index is -4.58. The van der Waals surface area contributed by atoms with E-state index in [0.29, 0.717) is 12.1 Å². The van der Waals surface area contributed by atoms with Crippen LogP contribution in [0.4, 0.5) is 22.0 Å². The molecule has 1 aromatic carbocycles. The number of nitrogens with zero attached hydrogens (tertiary/aromatic N) is 3. The monoisotopic (exact) mass is 414 g/mol. The lowest BCUT2D eigenvalue weighted by Crippen LogP contribution is -2.29. The Hall–Kier alpha value is -2.28. The molecule has 1 atom stereocenters. The van der Waals surface area contributed by atoms with Gasteiger partial charge in [0.2, 0.25) is 10.0 Å². The predicted molar refractivity (Wildman–Crippen MR) is 82.3 cm³/mol. The Balaban J connectivity index is 2.23. The zero-order valence-corrected chi connectivity index (χ0v) is 14.9. The molecule has 150 valence electrons. The summed E-state index contributed by atoms with van der Waals surface area (Å²) < 4.78 is 95.6. The van der Waals surface area contributed by atoms with E-state index in [1.807, 2.05) is 0 Å². The average Bonchev–Trinajstić information content (AvgIpc) is 2.97. The molecule has 0 saturated heterocycles. The first-order valence-corrected chi connectivity index (χ1v) is 9.03. The summed E-state index contributed by atoms with van der Waals surface area (Å²) in [6, 6.07) is 0.567. The summed E-state index contributed by atoms with van der Waals surface area (Å²) in [5.74, 6) is -2.56. The van der Waals surface area contributed by atoms with Gasteiger partial charge in [0.15, 0.2) is 24.1 Å². The summed E-state index contributed by atoms with van der Waals surface area (Å²) in [6.45, 7) is 1.46. The first kappa shape index (κ1) is 21.0. The molecule has 1 heterocycles. The van der Waals surface area contributed by atoms with Crippen molar-refractivity contribution in [1.82, 2.24) is 19.5 Å². The Kier molecular flexibility index (Phi) is 6.04. The van der Waals surface area contributed by atoms with Crippen LogP contribution in [-0.4, -0.2) is 36.0 Å². The molecule has 0 spiro atoms. The van der Waals surface area contributed by atoms with Crippen molar-refractivity contribution < 1.29 is 35.1 Å². The highest BCUT2D eigenvalue weighted by Gasteiger charge is 2.30. The number of sulfonamides is 1. The van der Waals surface area contributed by atoms with Gasteiger partial charge in [0, 0.05) is 6.54 Å². The van der Waals surface area contributed by atoms with Crippen molar-refractivity contribution in [1.29, 1.82) is 0 Å². The topological polar surface area (TPSA) is 86.1 Å². The molecule has 0 saturated carbocycles. The first-order valence-electron chi connectivity index (χ1n) is 7.54. The van der Waals surface area contributed by atoms with E-state index < -0.39 is 51.4 Å². The molecule has 27 heavy (non-hydrogen) atoms. The van der Waals surface area contributed by atoms with Crippen LogP contribution in [0.1, 0.15) is 25.7 Å². The third-order valence-electron chi connectivity index (χ3n) is 3.35. The Labute approximate surface area is 151 Å². The Morgan fingerprint density at radius 1 is 1.22 bits per heavy atom. The third-order valence-corrected chi connectivity index (χ3v) is 4.89. The second-order valence-electron chi connectivity index (χ2n) is 5.41. The van der Waals surface area contributed by atoms with E-state index in [4.69, 9.17) is 0 Å². The molecule has 0 bridgehead atoms. The molecular formula is C14H15F5N4O3S. The number of halogens is 5. The van der Waals surface area contributed by atoms with E-state index in [2.05, 4.69) is 19.7 Å². The van der Waals surface area contributed by atoms with Crippen molar-refractivity contribution in [3.63, 3.8) is 0 Å². The number of aromatic nitrogens is 3. The highest BCUT2D eigenvalue weighted by atomic mass is 32.2. The van der Waals surface area contributed by atoms with Crippen LogP contribution in [0.5, 0.6) is 6.01 Å². The van der Waals surface area contributed by atoms with Crippen LogP contribution in [-0.2, 0) is 16.6 Å². The van der Waals surface area contributed by atoms with Gasteiger partial charge in [-0.25, -0.2) is 21.9 Å². The molecule has 1 N–H and O–H groups in total. The van der Waals surface area contributed by atoms with Crippen molar-refractivity contribution in [3.05, 3.63) is 35.7 Å². The number of ether oxygens (including phenoxy) is 1. The van der Waals surface area contributed by atoms with E-state index >= 15 is 0 Å². The van der Waals surface area contributed by atoms with Crippen molar-refractivity contribution in [2.75, 3.05) is 6.61 Å². The Morgan fingerprint density at radius 3 is 2.44 bits per heavy atom. The number of rotatable bonds is 7. The molecule has 7 nitrogen and oxygen atoms in total. The van der Waals surface area contributed by atoms with E-state index in [1.165, 1.54) is 6.92 Å². The second-order valence-corrected chi connectivity index (χ2v) is 7.12. The van der Waals surface area contributed by atoms with Gasteiger partial charge in [-0.1, -0.05) is 5.10 Å². The lowest BCUT2D eigenvalue weighted by molar-refractivity contribution is -0.155. The standard InChI is InChI=1S/C14H15F5N4O3S/c1-3-23-12(20-21-13(23)26-7-14(17,18)19)8(2)22-27(24,25)9-4-5-10(15)11(16)6-9/h4-6,8,22H,3,7H2,1-2H3/t8-/m1/s1. The minimum absolute atomic E-state index is 0.0131. The molecule has 0 fully saturated rings. The van der Waals surface area contributed by atoms with Crippen molar-refractivity contribution in [2.24, 2.45) is 0 Å². The molecule has 2 aromatic rings. The van der Waals surface area contributed by atoms with Crippen molar-refractivity contribution >= 4 is 10.0 Å². The SMILES string of the molecule is CCn1c(OCC(F)(F)F)nnc1[C@@H](C)NS(=O)(=O)c1ccc(F)c(F)c1. The Bertz CT molecular complexity index is 914. The van der Waals surface area contributed by atoms with Crippen LogP contribution in [0.3, 0.4) is 0 Å². The number of benzene rings is 1. The van der Waals surface area contributed by atoms with Gasteiger partial charge in [-0.15, -0.1) is 5.10 Å². The van der Waals surface area contributed by atoms with E-state index in [9.17, 15) is 30.4 Å². The molecule has 1 aromatic heterocycles. The number of nitrogens with one attached hydrogen (secondary N) is 1. The normalized spacial score (nSPS) is 13.6. The summed E-state index contributed by atoms with van der Waals surface area (Å²) in [5, 5.41) is 7.14. The zero-order valence-electron chi connectivity index (χ0n) is 14.1. The maximum Gasteiger partial charge on any atom is 0.422 e. The summed E-state index contributed by atoms with van der Waals surface area (Å²) in [6.07, 6.45) is -4.58. The van der Waals surface area contributed by atoms with Gasteiger partial charge < -0.3 is 4.74 Å². The van der Waals surface area contributed by atoms with Gasteiger partial charge >= 0.3 is 12.2 Å². The second kappa shape index (κ2) is 7.76. The quantitative estimate of drug-likeness (QED) is 0.704. The van der Waals surface area contributed by atoms with Crippen LogP contribution < -0.4 is 9.46 Å². The van der Waals surface area contributed by atoms with Gasteiger partial charge in [-0.2, -0.15) is 13.2 Å². The first-order chi connectivity index (χ1) is 12.4. The van der Waals surface area contributed by atoms with Crippen LogP contribution in [0.15, 0.2) is 23.1 Å². The Morgan fingerprint density at radius 2 is 1.89 bits per heavy atom. The lowest BCUT2D eigenvalue weighted by atomic mass is 10.3. The van der Waals surface area contributed by atoms with Crippen LogP contribution in [0.25, 0.3) is 0 Å². The van der Waals surface area contributed by atoms with Gasteiger partial charge in [0.25, 0.3) is 0 Å². The summed E-state index contributed by atoms with van der Waals surface area (Å²) >= 11 is 0. The lowest BCUT2D eigenvalue weighted by Gasteiger charge is -2.15. The van der Waals surface area contributed by atoms with Crippen molar-refractivity contribution in [3.8, 4) is 6.01 Å². The molecule has 0 radical (unpaired) electrons. The fourth-order valence-corrected chi connectivity index (χ4v) is 3.38. The molecule has 13 heteroatoms. The fraction of sp³-hybridized carbons (Fsp3) is 0.429. The minimum Gasteiger partial charge on any atom is -0.454 e.